The molecule has 5 aromatic rings. The Morgan fingerprint density at radius 2 is 1.38 bits per heavy atom. The van der Waals surface area contributed by atoms with Crippen molar-refractivity contribution >= 4 is 51.7 Å². The van der Waals surface area contributed by atoms with Crippen LogP contribution in [0.15, 0.2) is 72.6 Å². The molecule has 0 unspecified atom stereocenters. The lowest BCUT2D eigenvalue weighted by atomic mass is 9.84. The number of aryl methyl sites for hydroxylation is 1. The minimum Gasteiger partial charge on any atom is -0.389 e. The largest absolute Gasteiger partial charge is 0.389 e. The zero-order chi connectivity index (χ0) is 64.7. The molecule has 3 aromatic heterocycles. The van der Waals surface area contributed by atoms with Crippen LogP contribution in [0.4, 0.5) is 10.8 Å². The molecule has 1 saturated carbocycles. The van der Waals surface area contributed by atoms with Crippen molar-refractivity contribution in [1.82, 2.24) is 40.6 Å². The first-order chi connectivity index (χ1) is 43.0. The lowest BCUT2D eigenvalue weighted by Crippen LogP contribution is -2.68. The van der Waals surface area contributed by atoms with Crippen LogP contribution in [0, 0.1) is 6.92 Å². The van der Waals surface area contributed by atoms with Crippen LogP contribution >= 0.6 is 11.3 Å². The summed E-state index contributed by atoms with van der Waals surface area (Å²) in [6.45, 7) is 1.06. The van der Waals surface area contributed by atoms with E-state index in [-0.39, 0.29) is 56.9 Å². The second kappa shape index (κ2) is 30.0. The molecule has 25 N–H and O–H groups in total. The third kappa shape index (κ3) is 16.2. The fraction of sp³-hybridized carbons (Fsp3) is 0.545. The zero-order valence-electron chi connectivity index (χ0n) is 48.6. The van der Waals surface area contributed by atoms with Crippen molar-refractivity contribution in [3.8, 4) is 11.3 Å². The molecule has 0 radical (unpaired) electrons. The molecule has 21 atom stereocenters. The van der Waals surface area contributed by atoms with Crippen LogP contribution in [0.2, 0.25) is 0 Å². The molecule has 4 fully saturated rings. The number of H-pyrrole nitrogens is 1. The molecule has 3 aliphatic heterocycles. The Bertz CT molecular complexity index is 3220. The number of rotatable bonds is 25. The number of imidazole rings is 1. The molecule has 90 heavy (non-hydrogen) atoms. The maximum Gasteiger partial charge on any atom is 0.257 e. The Morgan fingerprint density at radius 1 is 0.733 bits per heavy atom. The van der Waals surface area contributed by atoms with Gasteiger partial charge in [0.2, 0.25) is 23.6 Å². The minimum atomic E-state index is -1.80. The van der Waals surface area contributed by atoms with E-state index >= 15 is 0 Å². The fourth-order valence-corrected chi connectivity index (χ4v) is 11.5. The van der Waals surface area contributed by atoms with Crippen LogP contribution in [0.1, 0.15) is 46.6 Å². The maximum absolute atomic E-state index is 14.2. The van der Waals surface area contributed by atoms with E-state index in [1.807, 2.05) is 19.1 Å². The quantitative estimate of drug-likeness (QED) is 0.0258. The van der Waals surface area contributed by atoms with Gasteiger partial charge in [0.1, 0.15) is 79.2 Å². The van der Waals surface area contributed by atoms with Crippen LogP contribution in [-0.4, -0.2) is 232 Å². The first-order valence-electron chi connectivity index (χ1n) is 28.9. The molecule has 3 saturated heterocycles. The SMILES string of the molecule is Cc1ccc(C(=O)Nc2nc(-c3cccc(NC(=O)CCC(=O)N[C@@H](Cc4cn(C[C@H]5O[C@@H](O[C@@H]6[C@@H](O)[C@H](N)C[C@H](N)[C@H]6O[C@H]6O[C@H](CN)[C@@H](O)[C@H](O)[C@H]6N)[C@H](O)[C@@H]5O[C@H]5O[C@@H](CN)[C@@H](O)[C@H](O)[C@H]5N)nn4)C(=O)N[C@@H](Cc4cnc[nH]4)C(N)=O)c3)cs2)cc1. The van der Waals surface area contributed by atoms with E-state index in [9.17, 15) is 54.6 Å². The topological polar surface area (TPSA) is 565 Å². The van der Waals surface area contributed by atoms with Gasteiger partial charge in [-0.1, -0.05) is 35.0 Å². The van der Waals surface area contributed by atoms with Crippen LogP contribution < -0.4 is 61.4 Å². The van der Waals surface area contributed by atoms with Crippen molar-refractivity contribution in [2.75, 3.05) is 23.7 Å². The molecule has 35 heteroatoms. The Hall–Kier alpha value is -6.95. The Labute approximate surface area is 517 Å². The number of hydrogen-bond acceptors (Lipinski definition) is 28. The summed E-state index contributed by atoms with van der Waals surface area (Å²) in [5.74, 6) is -3.42. The average molecular weight is 1280 g/mol. The molecule has 2 aromatic carbocycles. The van der Waals surface area contributed by atoms with Crippen molar-refractivity contribution in [3.05, 3.63) is 95.1 Å². The van der Waals surface area contributed by atoms with Gasteiger partial charge in [0.25, 0.3) is 5.91 Å². The number of carbonyl (C=O) groups excluding carboxylic acids is 5. The molecule has 9 rings (SSSR count). The molecular weight excluding hydrogens is 1200 g/mol. The second-order valence-corrected chi connectivity index (χ2v) is 23.4. The number of hydrogen-bond donors (Lipinski definition) is 18. The van der Waals surface area contributed by atoms with Gasteiger partial charge >= 0.3 is 0 Å². The van der Waals surface area contributed by atoms with Crippen LogP contribution in [-0.2, 0) is 67.0 Å². The number of aromatic amines is 1. The van der Waals surface area contributed by atoms with Gasteiger partial charge in [0.15, 0.2) is 24.0 Å². The predicted octanol–water partition coefficient (Wildman–Crippen LogP) is -6.53. The molecule has 0 bridgehead atoms. The van der Waals surface area contributed by atoms with Gasteiger partial charge in [-0.15, -0.1) is 16.4 Å². The minimum absolute atomic E-state index is 0.0161. The van der Waals surface area contributed by atoms with E-state index in [0.29, 0.717) is 33.3 Å². The normalized spacial score (nSPS) is 31.7. The number of aliphatic hydroxyl groups excluding tert-OH is 6. The number of nitrogens with one attached hydrogen (secondary N) is 5. The van der Waals surface area contributed by atoms with E-state index in [4.69, 9.17) is 68.6 Å². The highest BCUT2D eigenvalue weighted by atomic mass is 32.1. The molecule has 0 spiro atoms. The van der Waals surface area contributed by atoms with Crippen molar-refractivity contribution in [1.29, 1.82) is 0 Å². The van der Waals surface area contributed by atoms with E-state index in [0.717, 1.165) is 5.56 Å². The standard InChI is InChI=1S/C55H77N17O17S/c1-22-5-7-23(8-6-22)50(82)69-55-68-32(20-90-55)24-3-2-4-25(11-24)65-36(73)9-10-37(74)66-31(51(83)67-30(49(62)81)12-26-17-63-21-64-26)13-27-18-72(71-70-27)19-35-47(88-53-39(61)44(79)42(77)34(16-57)85-53)45(80)54(86-35)89-48-40(75)28(58)14-29(59)46(48)87-52-38(60)43(78)41(76)33(15-56)84-52/h2-8,11,17-18,20-21,28-31,33-35,38-48,52-54,75-80H,9-10,12-16,19,56-61H2,1H3,(H2,62,81)(H,63,64)(H,65,73)(H,66,74)(H,67,83)(H,68,69,82)/t28-,29+,30+,31+,33-,34+,35-,38-,39-,40+,41-,42-,43-,44-,45-,46-,47-,48-,52-,53-,54+/m1/s1. The molecule has 4 aliphatic rings. The number of benzene rings is 2. The van der Waals surface area contributed by atoms with Crippen LogP contribution in [0.5, 0.6) is 0 Å². The number of amides is 5. The van der Waals surface area contributed by atoms with Gasteiger partial charge in [-0.2, -0.15) is 0 Å². The molecule has 6 heterocycles. The summed E-state index contributed by atoms with van der Waals surface area (Å²) >= 11 is 1.22. The summed E-state index contributed by atoms with van der Waals surface area (Å²) in [4.78, 5) is 78.1. The first-order valence-corrected chi connectivity index (χ1v) is 29.8. The van der Waals surface area contributed by atoms with Crippen molar-refractivity contribution in [3.63, 3.8) is 0 Å². The summed E-state index contributed by atoms with van der Waals surface area (Å²) in [6.07, 6.45) is -19.2. The average Bonchev–Trinajstić information content (AvgIpc) is 1.66. The second-order valence-electron chi connectivity index (χ2n) is 22.6. The lowest BCUT2D eigenvalue weighted by Gasteiger charge is -2.47. The highest BCUT2D eigenvalue weighted by Crippen LogP contribution is 2.36. The highest BCUT2D eigenvalue weighted by Gasteiger charge is 2.55. The maximum atomic E-state index is 14.2. The molecular formula is C55H77N17O17S. The summed E-state index contributed by atoms with van der Waals surface area (Å²) in [5, 5.41) is 87.7. The Kier molecular flexibility index (Phi) is 22.5. The van der Waals surface area contributed by atoms with Crippen molar-refractivity contribution in [2.45, 2.75) is 174 Å². The summed E-state index contributed by atoms with van der Waals surface area (Å²) < 4.78 is 37.9. The number of nitrogens with zero attached hydrogens (tertiary/aromatic N) is 5. The van der Waals surface area contributed by atoms with Gasteiger partial charge in [-0.05, 0) is 37.6 Å². The number of carbonyl (C=O) groups is 5. The van der Waals surface area contributed by atoms with Crippen molar-refractivity contribution in [2.24, 2.45) is 40.1 Å². The van der Waals surface area contributed by atoms with E-state index in [2.05, 4.69) is 46.5 Å². The van der Waals surface area contributed by atoms with Gasteiger partial charge in [-0.25, -0.2) is 14.6 Å². The van der Waals surface area contributed by atoms with E-state index in [1.165, 1.54) is 34.7 Å². The smallest absolute Gasteiger partial charge is 0.257 e. The number of anilines is 2. The highest BCUT2D eigenvalue weighted by molar-refractivity contribution is 7.14. The van der Waals surface area contributed by atoms with Gasteiger partial charge in [0.05, 0.1) is 42.4 Å². The van der Waals surface area contributed by atoms with E-state index in [1.54, 1.807) is 41.8 Å². The number of aromatic nitrogens is 6. The number of aliphatic hydroxyl groups is 6. The third-order valence-electron chi connectivity index (χ3n) is 15.9. The fourth-order valence-electron chi connectivity index (χ4n) is 10.8. The van der Waals surface area contributed by atoms with Crippen molar-refractivity contribution < 1.29 is 83.0 Å². The zero-order valence-corrected chi connectivity index (χ0v) is 49.4. The summed E-state index contributed by atoms with van der Waals surface area (Å²) in [5.41, 5.74) is 46.3. The van der Waals surface area contributed by atoms with Gasteiger partial charge in [-0.3, -0.25) is 29.3 Å². The monoisotopic (exact) mass is 1280 g/mol. The van der Waals surface area contributed by atoms with Gasteiger partial charge < -0.3 is 120 Å². The van der Waals surface area contributed by atoms with Gasteiger partial charge in [0, 0.05) is 91.1 Å². The molecule has 34 nitrogen and oxygen atoms in total. The molecule has 490 valence electrons. The Balaban J connectivity index is 0.895. The van der Waals surface area contributed by atoms with Crippen LogP contribution in [0.25, 0.3) is 11.3 Å². The summed E-state index contributed by atoms with van der Waals surface area (Å²) in [6, 6.07) is 6.34. The number of primary amides is 1. The predicted molar refractivity (Wildman–Crippen MR) is 315 cm³/mol. The molecule has 5 amide bonds. The number of ether oxygens (including phenoxy) is 6. The van der Waals surface area contributed by atoms with E-state index < -0.39 is 158 Å². The summed E-state index contributed by atoms with van der Waals surface area (Å²) in [7, 11) is 0. The Morgan fingerprint density at radius 3 is 2.02 bits per heavy atom. The number of nitrogens with two attached hydrogens (primary N) is 7. The first kappa shape index (κ1) is 67.4. The third-order valence-corrected chi connectivity index (χ3v) is 16.7. The number of thiazole rings is 1. The van der Waals surface area contributed by atoms with Crippen LogP contribution in [0.3, 0.4) is 0 Å². The lowest BCUT2D eigenvalue weighted by molar-refractivity contribution is -0.306. The molecule has 1 aliphatic carbocycles.